The molecule has 0 aliphatic heterocycles. The van der Waals surface area contributed by atoms with E-state index in [0.29, 0.717) is 24.1 Å². The first-order valence-corrected chi connectivity index (χ1v) is 6.68. The van der Waals surface area contributed by atoms with Crippen LogP contribution in [0, 0.1) is 18.8 Å². The molecule has 0 aliphatic rings. The predicted octanol–water partition coefficient (Wildman–Crippen LogP) is 1.15. The Morgan fingerprint density at radius 3 is 2.80 bits per heavy atom. The van der Waals surface area contributed by atoms with Gasteiger partial charge in [-0.1, -0.05) is 23.5 Å². The average molecular weight is 274 g/mol. The molecule has 0 fully saturated rings. The van der Waals surface area contributed by atoms with Gasteiger partial charge in [-0.15, -0.1) is 0 Å². The fraction of sp³-hybridized carbons (Fsp3) is 0.438. The highest BCUT2D eigenvalue weighted by Crippen LogP contribution is 2.13. The first-order chi connectivity index (χ1) is 9.45. The molecular formula is C16H22N2O2. The number of amides is 1. The fourth-order valence-electron chi connectivity index (χ4n) is 1.78. The van der Waals surface area contributed by atoms with Crippen LogP contribution in [0.3, 0.4) is 0 Å². The number of benzene rings is 1. The average Bonchev–Trinajstić information content (AvgIpc) is 2.42. The van der Waals surface area contributed by atoms with Crippen molar-refractivity contribution in [3.05, 3.63) is 34.9 Å². The third-order valence-electron chi connectivity index (χ3n) is 2.96. The van der Waals surface area contributed by atoms with Gasteiger partial charge in [0, 0.05) is 19.2 Å². The molecule has 0 aliphatic carbocycles. The van der Waals surface area contributed by atoms with Crippen LogP contribution in [0.2, 0.25) is 0 Å². The molecule has 108 valence electrons. The number of rotatable bonds is 4. The van der Waals surface area contributed by atoms with E-state index in [9.17, 15) is 9.90 Å². The summed E-state index contributed by atoms with van der Waals surface area (Å²) in [5, 5.41) is 9.29. The van der Waals surface area contributed by atoms with Crippen LogP contribution in [0.1, 0.15) is 34.8 Å². The molecule has 3 N–H and O–H groups in total. The van der Waals surface area contributed by atoms with Crippen LogP contribution < -0.4 is 5.73 Å². The predicted molar refractivity (Wildman–Crippen MR) is 80.4 cm³/mol. The fourth-order valence-corrected chi connectivity index (χ4v) is 1.78. The standard InChI is InChI=1S/C16H22N2O2/c1-12-6-7-14(5-4-9-17)15(11-12)16(20)18(3)10-8-13(2)19/h6-7,11,13,19H,8-10,17H2,1-3H3. The van der Waals surface area contributed by atoms with E-state index in [1.54, 1.807) is 18.9 Å². The number of carbonyl (C=O) groups excluding carboxylic acids is 1. The molecule has 0 saturated carbocycles. The van der Waals surface area contributed by atoms with Crippen molar-refractivity contribution in [1.82, 2.24) is 4.90 Å². The summed E-state index contributed by atoms with van der Waals surface area (Å²) in [6, 6.07) is 5.60. The quantitative estimate of drug-likeness (QED) is 0.809. The monoisotopic (exact) mass is 274 g/mol. The number of nitrogens with two attached hydrogens (primary N) is 1. The van der Waals surface area contributed by atoms with E-state index in [2.05, 4.69) is 11.8 Å². The molecule has 4 heteroatoms. The number of hydrogen-bond acceptors (Lipinski definition) is 3. The zero-order chi connectivity index (χ0) is 15.1. The Balaban J connectivity index is 2.98. The molecule has 0 heterocycles. The second-order valence-corrected chi connectivity index (χ2v) is 4.92. The molecule has 0 bridgehead atoms. The summed E-state index contributed by atoms with van der Waals surface area (Å²) in [4.78, 5) is 14.0. The Morgan fingerprint density at radius 2 is 2.20 bits per heavy atom. The van der Waals surface area contributed by atoms with Crippen molar-refractivity contribution in [3.63, 3.8) is 0 Å². The maximum Gasteiger partial charge on any atom is 0.254 e. The normalized spacial score (nSPS) is 11.4. The van der Waals surface area contributed by atoms with E-state index in [-0.39, 0.29) is 12.5 Å². The van der Waals surface area contributed by atoms with Crippen LogP contribution in [0.25, 0.3) is 0 Å². The molecule has 0 spiro atoms. The van der Waals surface area contributed by atoms with Crippen LogP contribution in [0.5, 0.6) is 0 Å². The highest BCUT2D eigenvalue weighted by atomic mass is 16.3. The Hall–Kier alpha value is -1.83. The number of aliphatic hydroxyl groups is 1. The van der Waals surface area contributed by atoms with E-state index in [4.69, 9.17) is 5.73 Å². The van der Waals surface area contributed by atoms with Crippen molar-refractivity contribution >= 4 is 5.91 Å². The topological polar surface area (TPSA) is 66.6 Å². The molecule has 0 radical (unpaired) electrons. The smallest absolute Gasteiger partial charge is 0.254 e. The molecule has 1 atom stereocenters. The minimum Gasteiger partial charge on any atom is -0.393 e. The van der Waals surface area contributed by atoms with Crippen LogP contribution in [0.4, 0.5) is 0 Å². The van der Waals surface area contributed by atoms with Gasteiger partial charge < -0.3 is 15.7 Å². The lowest BCUT2D eigenvalue weighted by Gasteiger charge is -2.19. The molecule has 1 amide bonds. The zero-order valence-corrected chi connectivity index (χ0v) is 12.3. The SMILES string of the molecule is Cc1ccc(C#CCN)c(C(=O)N(C)CCC(C)O)c1. The molecule has 1 aromatic carbocycles. The van der Waals surface area contributed by atoms with Crippen LogP contribution in [-0.4, -0.2) is 42.2 Å². The molecule has 0 saturated heterocycles. The number of carbonyl (C=O) groups is 1. The van der Waals surface area contributed by atoms with Gasteiger partial charge in [0.1, 0.15) is 0 Å². The summed E-state index contributed by atoms with van der Waals surface area (Å²) in [5.41, 5.74) is 7.66. The molecule has 1 unspecified atom stereocenters. The van der Waals surface area contributed by atoms with Gasteiger partial charge in [-0.05, 0) is 32.4 Å². The molecule has 0 aromatic heterocycles. The molecule has 4 nitrogen and oxygen atoms in total. The molecule has 20 heavy (non-hydrogen) atoms. The Kier molecular flexibility index (Phi) is 6.23. The van der Waals surface area contributed by atoms with Gasteiger partial charge >= 0.3 is 0 Å². The van der Waals surface area contributed by atoms with Crippen LogP contribution in [-0.2, 0) is 0 Å². The van der Waals surface area contributed by atoms with Crippen molar-refractivity contribution in [2.45, 2.75) is 26.4 Å². The van der Waals surface area contributed by atoms with Gasteiger partial charge in [-0.3, -0.25) is 4.79 Å². The first kappa shape index (κ1) is 16.2. The zero-order valence-electron chi connectivity index (χ0n) is 12.3. The maximum atomic E-state index is 12.4. The van der Waals surface area contributed by atoms with Crippen molar-refractivity contribution < 1.29 is 9.90 Å². The summed E-state index contributed by atoms with van der Waals surface area (Å²) < 4.78 is 0. The Morgan fingerprint density at radius 1 is 1.50 bits per heavy atom. The van der Waals surface area contributed by atoms with E-state index in [1.807, 2.05) is 25.1 Å². The Labute approximate surface area is 120 Å². The van der Waals surface area contributed by atoms with Crippen molar-refractivity contribution in [3.8, 4) is 11.8 Å². The van der Waals surface area contributed by atoms with Crippen LogP contribution in [0.15, 0.2) is 18.2 Å². The summed E-state index contributed by atoms with van der Waals surface area (Å²) in [6.07, 6.45) is 0.136. The van der Waals surface area contributed by atoms with Crippen molar-refractivity contribution in [2.24, 2.45) is 5.73 Å². The minimum atomic E-state index is -0.417. The molecular weight excluding hydrogens is 252 g/mol. The Bertz CT molecular complexity index is 527. The third kappa shape index (κ3) is 4.69. The van der Waals surface area contributed by atoms with E-state index in [1.165, 1.54) is 0 Å². The minimum absolute atomic E-state index is 0.0873. The van der Waals surface area contributed by atoms with Crippen LogP contribution >= 0.6 is 0 Å². The lowest BCUT2D eigenvalue weighted by molar-refractivity contribution is 0.0768. The molecule has 1 aromatic rings. The largest absolute Gasteiger partial charge is 0.393 e. The van der Waals surface area contributed by atoms with E-state index < -0.39 is 6.10 Å². The maximum absolute atomic E-state index is 12.4. The number of nitrogens with zero attached hydrogens (tertiary/aromatic N) is 1. The third-order valence-corrected chi connectivity index (χ3v) is 2.96. The van der Waals surface area contributed by atoms with Crippen molar-refractivity contribution in [1.29, 1.82) is 0 Å². The van der Waals surface area contributed by atoms with E-state index in [0.717, 1.165) is 5.56 Å². The number of hydrogen-bond donors (Lipinski definition) is 2. The summed E-state index contributed by atoms with van der Waals surface area (Å²) in [6.45, 7) is 4.42. The highest BCUT2D eigenvalue weighted by molar-refractivity contribution is 5.96. The molecule has 1 rings (SSSR count). The van der Waals surface area contributed by atoms with Gasteiger partial charge in [0.15, 0.2) is 0 Å². The summed E-state index contributed by atoms with van der Waals surface area (Å²) in [7, 11) is 1.73. The number of aliphatic hydroxyl groups excluding tert-OH is 1. The highest BCUT2D eigenvalue weighted by Gasteiger charge is 2.15. The second-order valence-electron chi connectivity index (χ2n) is 4.92. The van der Waals surface area contributed by atoms with Gasteiger partial charge in [0.05, 0.1) is 18.2 Å². The lowest BCUT2D eigenvalue weighted by Crippen LogP contribution is -2.30. The number of aryl methyl sites for hydroxylation is 1. The summed E-state index contributed by atoms with van der Waals surface area (Å²) >= 11 is 0. The van der Waals surface area contributed by atoms with Gasteiger partial charge in [0.25, 0.3) is 5.91 Å². The first-order valence-electron chi connectivity index (χ1n) is 6.68. The van der Waals surface area contributed by atoms with Gasteiger partial charge in [0.2, 0.25) is 0 Å². The second kappa shape index (κ2) is 7.68. The summed E-state index contributed by atoms with van der Waals surface area (Å²) in [5.74, 6) is 5.62. The van der Waals surface area contributed by atoms with E-state index >= 15 is 0 Å². The van der Waals surface area contributed by atoms with Gasteiger partial charge in [-0.25, -0.2) is 0 Å². The lowest BCUT2D eigenvalue weighted by atomic mass is 10.0. The van der Waals surface area contributed by atoms with Crippen molar-refractivity contribution in [2.75, 3.05) is 20.1 Å². The van der Waals surface area contributed by atoms with Gasteiger partial charge in [-0.2, -0.15) is 0 Å².